The van der Waals surface area contributed by atoms with Gasteiger partial charge in [0, 0.05) is 19.3 Å². The molecular weight excluding hydrogens is 293 g/mol. The summed E-state index contributed by atoms with van der Waals surface area (Å²) < 4.78 is 18.5. The lowest BCUT2D eigenvalue weighted by atomic mass is 9.77. The van der Waals surface area contributed by atoms with Crippen LogP contribution in [-0.4, -0.2) is 25.2 Å². The highest BCUT2D eigenvalue weighted by molar-refractivity contribution is 5.83. The van der Waals surface area contributed by atoms with Gasteiger partial charge in [-0.25, -0.2) is 4.39 Å². The van der Waals surface area contributed by atoms with E-state index in [9.17, 15) is 9.18 Å². The summed E-state index contributed by atoms with van der Waals surface area (Å²) >= 11 is 0. The molecule has 1 aromatic carbocycles. The summed E-state index contributed by atoms with van der Waals surface area (Å²) in [5.41, 5.74) is 0.936. The van der Waals surface area contributed by atoms with Crippen LogP contribution in [0, 0.1) is 11.2 Å². The number of hydrogen-bond acceptors (Lipinski definition) is 2. The van der Waals surface area contributed by atoms with Gasteiger partial charge in [-0.05, 0) is 62.1 Å². The molecule has 1 aliphatic carbocycles. The molecule has 2 fully saturated rings. The Hall–Kier alpha value is -1.42. The molecule has 23 heavy (non-hydrogen) atoms. The van der Waals surface area contributed by atoms with Crippen LogP contribution in [0.4, 0.5) is 4.39 Å². The van der Waals surface area contributed by atoms with Crippen molar-refractivity contribution in [2.75, 3.05) is 13.2 Å². The van der Waals surface area contributed by atoms with E-state index in [0.717, 1.165) is 38.5 Å². The zero-order valence-electron chi connectivity index (χ0n) is 13.8. The van der Waals surface area contributed by atoms with Gasteiger partial charge in [-0.3, -0.25) is 4.79 Å². The van der Waals surface area contributed by atoms with Crippen LogP contribution in [-0.2, 0) is 9.53 Å². The molecule has 1 saturated carbocycles. The smallest absolute Gasteiger partial charge is 0.226 e. The normalized spacial score (nSPS) is 26.9. The SMILES string of the molecule is CCC1(C(=O)N[C@@H]2CC[C@H](c3ccc(F)cc3)C2)CCOCC1. The lowest BCUT2D eigenvalue weighted by Crippen LogP contribution is -2.47. The highest BCUT2D eigenvalue weighted by Gasteiger charge is 2.40. The van der Waals surface area contributed by atoms with Gasteiger partial charge in [0.1, 0.15) is 5.82 Å². The molecule has 0 spiro atoms. The minimum atomic E-state index is -0.244. The second kappa shape index (κ2) is 7.00. The van der Waals surface area contributed by atoms with Gasteiger partial charge in [-0.2, -0.15) is 0 Å². The maximum absolute atomic E-state index is 13.0. The zero-order chi connectivity index (χ0) is 16.3. The third-order valence-corrected chi connectivity index (χ3v) is 5.72. The Kier molecular flexibility index (Phi) is 5.00. The van der Waals surface area contributed by atoms with Crippen molar-refractivity contribution in [3.8, 4) is 0 Å². The van der Waals surface area contributed by atoms with Crippen molar-refractivity contribution in [1.82, 2.24) is 5.32 Å². The van der Waals surface area contributed by atoms with E-state index in [0.29, 0.717) is 19.1 Å². The van der Waals surface area contributed by atoms with E-state index in [-0.39, 0.29) is 23.2 Å². The molecule has 0 bridgehead atoms. The van der Waals surface area contributed by atoms with Crippen molar-refractivity contribution in [1.29, 1.82) is 0 Å². The number of rotatable bonds is 4. The summed E-state index contributed by atoms with van der Waals surface area (Å²) in [6.45, 7) is 3.47. The summed E-state index contributed by atoms with van der Waals surface area (Å²) in [5.74, 6) is 0.433. The van der Waals surface area contributed by atoms with Crippen LogP contribution in [0.5, 0.6) is 0 Å². The Bertz CT molecular complexity index is 537. The Balaban J connectivity index is 1.59. The predicted molar refractivity (Wildman–Crippen MR) is 87.7 cm³/mol. The molecule has 1 heterocycles. The van der Waals surface area contributed by atoms with E-state index in [2.05, 4.69) is 12.2 Å². The van der Waals surface area contributed by atoms with Gasteiger partial charge in [0.2, 0.25) is 5.91 Å². The monoisotopic (exact) mass is 319 g/mol. The molecule has 126 valence electrons. The summed E-state index contributed by atoms with van der Waals surface area (Å²) in [4.78, 5) is 12.8. The molecular formula is C19H26FNO2. The van der Waals surface area contributed by atoms with Gasteiger partial charge in [-0.15, -0.1) is 0 Å². The standard InChI is InChI=1S/C19H26FNO2/c1-2-19(9-11-23-12-10-19)18(22)21-17-8-5-15(13-17)14-3-6-16(20)7-4-14/h3-4,6-7,15,17H,2,5,8-13H2,1H3,(H,21,22)/t15-,17+/m0/s1. The fourth-order valence-corrected chi connectivity index (χ4v) is 3.99. The van der Waals surface area contributed by atoms with E-state index < -0.39 is 0 Å². The largest absolute Gasteiger partial charge is 0.381 e. The molecule has 2 atom stereocenters. The lowest BCUT2D eigenvalue weighted by molar-refractivity contribution is -0.137. The molecule has 0 aromatic heterocycles. The predicted octanol–water partition coefficient (Wildman–Crippen LogP) is 3.78. The number of hydrogen-bond donors (Lipinski definition) is 1. The topological polar surface area (TPSA) is 38.3 Å². The first-order valence-corrected chi connectivity index (χ1v) is 8.77. The molecule has 1 aromatic rings. The first-order valence-electron chi connectivity index (χ1n) is 8.77. The fourth-order valence-electron chi connectivity index (χ4n) is 3.99. The number of carbonyl (C=O) groups is 1. The van der Waals surface area contributed by atoms with E-state index in [1.807, 2.05) is 12.1 Å². The van der Waals surface area contributed by atoms with Gasteiger partial charge in [-0.1, -0.05) is 19.1 Å². The van der Waals surface area contributed by atoms with Gasteiger partial charge in [0.25, 0.3) is 0 Å². The summed E-state index contributed by atoms with van der Waals surface area (Å²) in [6, 6.07) is 7.03. The molecule has 1 saturated heterocycles. The molecule has 3 nitrogen and oxygen atoms in total. The molecule has 1 N–H and O–H groups in total. The Morgan fingerprint density at radius 3 is 2.61 bits per heavy atom. The lowest BCUT2D eigenvalue weighted by Gasteiger charge is -2.35. The highest BCUT2D eigenvalue weighted by Crippen LogP contribution is 2.37. The Morgan fingerprint density at radius 2 is 1.96 bits per heavy atom. The number of amides is 1. The highest BCUT2D eigenvalue weighted by atomic mass is 19.1. The van der Waals surface area contributed by atoms with Crippen molar-refractivity contribution in [2.24, 2.45) is 5.41 Å². The van der Waals surface area contributed by atoms with Gasteiger partial charge >= 0.3 is 0 Å². The number of carbonyl (C=O) groups excluding carboxylic acids is 1. The van der Waals surface area contributed by atoms with Crippen LogP contribution < -0.4 is 5.32 Å². The Labute approximate surface area is 137 Å². The van der Waals surface area contributed by atoms with Crippen LogP contribution in [0.3, 0.4) is 0 Å². The third kappa shape index (κ3) is 3.57. The number of nitrogens with one attached hydrogen (secondary N) is 1. The van der Waals surface area contributed by atoms with E-state index in [1.165, 1.54) is 17.7 Å². The van der Waals surface area contributed by atoms with E-state index >= 15 is 0 Å². The van der Waals surface area contributed by atoms with E-state index in [1.54, 1.807) is 0 Å². The fraction of sp³-hybridized carbons (Fsp3) is 0.632. The van der Waals surface area contributed by atoms with Crippen LogP contribution in [0.25, 0.3) is 0 Å². The molecule has 2 aliphatic rings. The summed E-state index contributed by atoms with van der Waals surface area (Å²) in [7, 11) is 0. The minimum absolute atomic E-state index is 0.194. The van der Waals surface area contributed by atoms with Gasteiger partial charge in [0.15, 0.2) is 0 Å². The number of ether oxygens (including phenoxy) is 1. The number of halogens is 1. The van der Waals surface area contributed by atoms with Crippen LogP contribution in [0.1, 0.15) is 56.9 Å². The molecule has 4 heteroatoms. The van der Waals surface area contributed by atoms with Crippen molar-refractivity contribution in [2.45, 2.75) is 57.4 Å². The molecule has 1 aliphatic heterocycles. The van der Waals surface area contributed by atoms with Crippen LogP contribution in [0.2, 0.25) is 0 Å². The molecule has 0 radical (unpaired) electrons. The van der Waals surface area contributed by atoms with Gasteiger partial charge < -0.3 is 10.1 Å². The van der Waals surface area contributed by atoms with Crippen molar-refractivity contribution < 1.29 is 13.9 Å². The van der Waals surface area contributed by atoms with Crippen LogP contribution in [0.15, 0.2) is 24.3 Å². The number of benzene rings is 1. The van der Waals surface area contributed by atoms with Gasteiger partial charge in [0.05, 0.1) is 5.41 Å². The molecule has 1 amide bonds. The molecule has 3 rings (SSSR count). The Morgan fingerprint density at radius 1 is 1.26 bits per heavy atom. The second-order valence-corrected chi connectivity index (χ2v) is 6.98. The molecule has 0 unspecified atom stereocenters. The maximum atomic E-state index is 13.0. The second-order valence-electron chi connectivity index (χ2n) is 6.98. The average Bonchev–Trinajstić information content (AvgIpc) is 3.04. The van der Waals surface area contributed by atoms with Crippen molar-refractivity contribution in [3.63, 3.8) is 0 Å². The van der Waals surface area contributed by atoms with Crippen molar-refractivity contribution in [3.05, 3.63) is 35.6 Å². The zero-order valence-corrected chi connectivity index (χ0v) is 13.8. The first-order chi connectivity index (χ1) is 11.1. The van der Waals surface area contributed by atoms with E-state index in [4.69, 9.17) is 4.74 Å². The summed E-state index contributed by atoms with van der Waals surface area (Å²) in [6.07, 6.45) is 5.53. The first kappa shape index (κ1) is 16.4. The summed E-state index contributed by atoms with van der Waals surface area (Å²) in [5, 5.41) is 3.28. The maximum Gasteiger partial charge on any atom is 0.226 e. The third-order valence-electron chi connectivity index (χ3n) is 5.72. The van der Waals surface area contributed by atoms with Crippen molar-refractivity contribution >= 4 is 5.91 Å². The quantitative estimate of drug-likeness (QED) is 0.917. The van der Waals surface area contributed by atoms with Crippen LogP contribution >= 0.6 is 0 Å². The average molecular weight is 319 g/mol. The minimum Gasteiger partial charge on any atom is -0.381 e.